The summed E-state index contributed by atoms with van der Waals surface area (Å²) in [5, 5.41) is 0. The molecule has 6 nitrogen and oxygen atoms in total. The summed E-state index contributed by atoms with van der Waals surface area (Å²) in [7, 11) is 0. The van der Waals surface area contributed by atoms with Crippen LogP contribution in [-0.4, -0.2) is 49.6 Å². The number of anilines is 1. The molecule has 0 aliphatic carbocycles. The Morgan fingerprint density at radius 2 is 1.88 bits per heavy atom. The number of carbonyl (C=O) groups excluding carboxylic acids is 2. The smallest absolute Gasteiger partial charge is 0.342 e. The molecular formula is C18H19FN2O4. The summed E-state index contributed by atoms with van der Waals surface area (Å²) in [4.78, 5) is 27.6. The lowest BCUT2D eigenvalue weighted by atomic mass is 10.2. The summed E-state index contributed by atoms with van der Waals surface area (Å²) >= 11 is 0. The molecule has 1 saturated heterocycles. The third-order valence-corrected chi connectivity index (χ3v) is 4.23. The number of ether oxygens (including phenoxy) is 1. The van der Waals surface area contributed by atoms with Crippen molar-refractivity contribution >= 4 is 17.6 Å². The second-order valence-electron chi connectivity index (χ2n) is 5.79. The lowest BCUT2D eigenvalue weighted by Gasteiger charge is -2.36. The van der Waals surface area contributed by atoms with Crippen LogP contribution in [0.1, 0.15) is 16.1 Å². The lowest BCUT2D eigenvalue weighted by Crippen LogP contribution is -2.50. The fourth-order valence-corrected chi connectivity index (χ4v) is 2.80. The molecule has 0 radical (unpaired) electrons. The van der Waals surface area contributed by atoms with Crippen LogP contribution in [0.25, 0.3) is 0 Å². The molecule has 1 amide bonds. The Morgan fingerprint density at radius 1 is 1.16 bits per heavy atom. The normalized spacial score (nSPS) is 14.5. The number of hydrogen-bond acceptors (Lipinski definition) is 5. The SMILES string of the molecule is Cc1occc1C(=O)OCC(=O)N1CCN(c2ccccc2F)CC1. The highest BCUT2D eigenvalue weighted by Crippen LogP contribution is 2.20. The number of halogens is 1. The van der Waals surface area contributed by atoms with Gasteiger partial charge in [0, 0.05) is 26.2 Å². The summed E-state index contributed by atoms with van der Waals surface area (Å²) in [5.41, 5.74) is 0.855. The summed E-state index contributed by atoms with van der Waals surface area (Å²) in [6.07, 6.45) is 1.40. The molecule has 1 aliphatic rings. The summed E-state index contributed by atoms with van der Waals surface area (Å²) in [6.45, 7) is 3.30. The lowest BCUT2D eigenvalue weighted by molar-refractivity contribution is -0.134. The molecule has 1 aromatic carbocycles. The number of para-hydroxylation sites is 1. The molecule has 7 heteroatoms. The Balaban J connectivity index is 1.49. The molecule has 0 unspecified atom stereocenters. The highest BCUT2D eigenvalue weighted by atomic mass is 19.1. The van der Waals surface area contributed by atoms with E-state index in [1.54, 1.807) is 30.0 Å². The van der Waals surface area contributed by atoms with Crippen molar-refractivity contribution in [2.24, 2.45) is 0 Å². The van der Waals surface area contributed by atoms with Crippen molar-refractivity contribution in [3.63, 3.8) is 0 Å². The van der Waals surface area contributed by atoms with Crippen molar-refractivity contribution in [3.05, 3.63) is 53.7 Å². The average Bonchev–Trinajstić information content (AvgIpc) is 3.06. The van der Waals surface area contributed by atoms with Gasteiger partial charge in [-0.25, -0.2) is 9.18 Å². The zero-order valence-electron chi connectivity index (χ0n) is 13.9. The largest absolute Gasteiger partial charge is 0.469 e. The Labute approximate surface area is 144 Å². The maximum absolute atomic E-state index is 13.8. The van der Waals surface area contributed by atoms with E-state index in [1.165, 1.54) is 18.4 Å². The van der Waals surface area contributed by atoms with Gasteiger partial charge in [0.2, 0.25) is 0 Å². The molecule has 1 aromatic heterocycles. The number of nitrogens with zero attached hydrogens (tertiary/aromatic N) is 2. The van der Waals surface area contributed by atoms with Crippen LogP contribution in [0.5, 0.6) is 0 Å². The van der Waals surface area contributed by atoms with E-state index in [2.05, 4.69) is 0 Å². The fraction of sp³-hybridized carbons (Fsp3) is 0.333. The molecule has 2 heterocycles. The first-order valence-corrected chi connectivity index (χ1v) is 8.04. The van der Waals surface area contributed by atoms with E-state index in [-0.39, 0.29) is 18.3 Å². The molecule has 0 bridgehead atoms. The number of amides is 1. The molecule has 3 rings (SSSR count). The van der Waals surface area contributed by atoms with Crippen molar-refractivity contribution in [2.45, 2.75) is 6.92 Å². The predicted molar refractivity (Wildman–Crippen MR) is 88.9 cm³/mol. The summed E-state index contributed by atoms with van der Waals surface area (Å²) in [6, 6.07) is 8.09. The third kappa shape index (κ3) is 3.81. The molecular weight excluding hydrogens is 327 g/mol. The van der Waals surface area contributed by atoms with Gasteiger partial charge in [0.15, 0.2) is 6.61 Å². The molecule has 0 atom stereocenters. The third-order valence-electron chi connectivity index (χ3n) is 4.23. The molecule has 1 fully saturated rings. The van der Waals surface area contributed by atoms with Gasteiger partial charge >= 0.3 is 5.97 Å². The van der Waals surface area contributed by atoms with Crippen LogP contribution in [0, 0.1) is 12.7 Å². The quantitative estimate of drug-likeness (QED) is 0.795. The Hall–Kier alpha value is -2.83. The maximum Gasteiger partial charge on any atom is 0.342 e. The van der Waals surface area contributed by atoms with Crippen LogP contribution in [0.15, 0.2) is 41.0 Å². The van der Waals surface area contributed by atoms with E-state index in [1.807, 2.05) is 4.90 Å². The van der Waals surface area contributed by atoms with Crippen LogP contribution >= 0.6 is 0 Å². The van der Waals surface area contributed by atoms with E-state index in [0.29, 0.717) is 43.2 Å². The zero-order chi connectivity index (χ0) is 17.8. The number of rotatable bonds is 4. The van der Waals surface area contributed by atoms with Crippen molar-refractivity contribution < 1.29 is 23.1 Å². The van der Waals surface area contributed by atoms with Crippen molar-refractivity contribution in [1.29, 1.82) is 0 Å². The van der Waals surface area contributed by atoms with Gasteiger partial charge in [-0.1, -0.05) is 12.1 Å². The van der Waals surface area contributed by atoms with E-state index in [9.17, 15) is 14.0 Å². The summed E-state index contributed by atoms with van der Waals surface area (Å²) < 4.78 is 23.9. The average molecular weight is 346 g/mol. The highest BCUT2D eigenvalue weighted by Gasteiger charge is 2.24. The molecule has 2 aromatic rings. The van der Waals surface area contributed by atoms with E-state index in [4.69, 9.17) is 9.15 Å². The number of aryl methyl sites for hydroxylation is 1. The number of hydrogen-bond donors (Lipinski definition) is 0. The van der Waals surface area contributed by atoms with Gasteiger partial charge in [0.25, 0.3) is 5.91 Å². The zero-order valence-corrected chi connectivity index (χ0v) is 13.9. The first-order chi connectivity index (χ1) is 12.1. The number of furan rings is 1. The highest BCUT2D eigenvalue weighted by molar-refractivity contribution is 5.92. The van der Waals surface area contributed by atoms with Gasteiger partial charge in [-0.05, 0) is 25.1 Å². The Bertz CT molecular complexity index is 766. The Morgan fingerprint density at radius 3 is 2.52 bits per heavy atom. The first kappa shape index (κ1) is 17.0. The van der Waals surface area contributed by atoms with Crippen LogP contribution < -0.4 is 4.90 Å². The van der Waals surface area contributed by atoms with Gasteiger partial charge in [0.1, 0.15) is 17.1 Å². The maximum atomic E-state index is 13.8. The van der Waals surface area contributed by atoms with E-state index < -0.39 is 5.97 Å². The number of piperazine rings is 1. The van der Waals surface area contributed by atoms with Crippen molar-refractivity contribution in [1.82, 2.24) is 4.90 Å². The molecule has 132 valence electrons. The van der Waals surface area contributed by atoms with Crippen LogP contribution in [0.4, 0.5) is 10.1 Å². The van der Waals surface area contributed by atoms with Gasteiger partial charge in [-0.2, -0.15) is 0 Å². The predicted octanol–water partition coefficient (Wildman–Crippen LogP) is 2.23. The number of benzene rings is 1. The van der Waals surface area contributed by atoms with Crippen LogP contribution in [0.2, 0.25) is 0 Å². The van der Waals surface area contributed by atoms with Gasteiger partial charge < -0.3 is 19.0 Å². The molecule has 1 aliphatic heterocycles. The minimum absolute atomic E-state index is 0.261. The topological polar surface area (TPSA) is 63.0 Å². The molecule has 0 spiro atoms. The van der Waals surface area contributed by atoms with E-state index >= 15 is 0 Å². The number of carbonyl (C=O) groups is 2. The van der Waals surface area contributed by atoms with Gasteiger partial charge in [0.05, 0.1) is 12.0 Å². The van der Waals surface area contributed by atoms with Crippen molar-refractivity contribution in [2.75, 3.05) is 37.7 Å². The van der Waals surface area contributed by atoms with Gasteiger partial charge in [-0.3, -0.25) is 4.79 Å². The van der Waals surface area contributed by atoms with Crippen molar-refractivity contribution in [3.8, 4) is 0 Å². The molecule has 25 heavy (non-hydrogen) atoms. The Kier molecular flexibility index (Phi) is 5.02. The minimum Gasteiger partial charge on any atom is -0.469 e. The first-order valence-electron chi connectivity index (χ1n) is 8.04. The van der Waals surface area contributed by atoms with Crippen LogP contribution in [-0.2, 0) is 9.53 Å². The molecule has 0 N–H and O–H groups in total. The second-order valence-corrected chi connectivity index (χ2v) is 5.79. The fourth-order valence-electron chi connectivity index (χ4n) is 2.80. The number of esters is 1. The summed E-state index contributed by atoms with van der Waals surface area (Å²) in [5.74, 6) is -0.657. The standard InChI is InChI=1S/C18H19FN2O4/c1-13-14(6-11-24-13)18(23)25-12-17(22)21-9-7-20(8-10-21)16-5-3-2-4-15(16)19/h2-6,11H,7-10,12H2,1H3. The molecule has 0 saturated carbocycles. The monoisotopic (exact) mass is 346 g/mol. The second kappa shape index (κ2) is 7.38. The minimum atomic E-state index is -0.579. The van der Waals surface area contributed by atoms with Gasteiger partial charge in [-0.15, -0.1) is 0 Å². The van der Waals surface area contributed by atoms with E-state index in [0.717, 1.165) is 0 Å². The van der Waals surface area contributed by atoms with Crippen LogP contribution in [0.3, 0.4) is 0 Å².